The predicted molar refractivity (Wildman–Crippen MR) is 159 cm³/mol. The average molecular weight is 675 g/mol. The maximum absolute atomic E-state index is 15.0. The zero-order chi connectivity index (χ0) is 33.8. The van der Waals surface area contributed by atoms with Crippen molar-refractivity contribution >= 4 is 27.4 Å². The molecule has 1 aliphatic heterocycles. The molecule has 0 radical (unpaired) electrons. The summed E-state index contributed by atoms with van der Waals surface area (Å²) in [5.74, 6) is -2.50. The number of carbonyl (C=O) groups is 2. The Hall–Kier alpha value is -3.55. The Morgan fingerprint density at radius 2 is 1.61 bits per heavy atom. The molecule has 252 valence electrons. The van der Waals surface area contributed by atoms with Gasteiger partial charge >= 0.3 is 12.4 Å². The van der Waals surface area contributed by atoms with Gasteiger partial charge in [-0.3, -0.25) is 9.59 Å². The van der Waals surface area contributed by atoms with Crippen LogP contribution in [0.5, 0.6) is 5.75 Å². The predicted octanol–water partition coefficient (Wildman–Crippen LogP) is 6.87. The molecule has 14 heteroatoms. The highest BCUT2D eigenvalue weighted by Gasteiger charge is 2.60. The molecular weight excluding hydrogens is 638 g/mol. The lowest BCUT2D eigenvalue weighted by molar-refractivity contribution is -0.201. The van der Waals surface area contributed by atoms with Gasteiger partial charge in [0.2, 0.25) is 10.0 Å². The summed E-state index contributed by atoms with van der Waals surface area (Å²) in [5, 5.41) is 1.17. The van der Waals surface area contributed by atoms with E-state index < -0.39 is 63.4 Å². The number of sulfonamides is 1. The number of benzene rings is 2. The standard InChI is InChI=1S/C32H36F6N2O5S/c1-2-3-7-21-8-10-22(11-9-21)26-20-30(32(36,37)38,39-28(41)27(26)29(42)40-46(43,44)25-16-17-25)23-12-14-24(15-13-23)45-19-6-4-5-18-31(33,34)35/h8-15,25H,2-7,16-20H2,1H3,(H,39,41)(H,40,42)/t30-/m0/s1. The van der Waals surface area contributed by atoms with E-state index in [4.69, 9.17) is 4.74 Å². The smallest absolute Gasteiger partial charge is 0.416 e. The third-order valence-electron chi connectivity index (χ3n) is 8.05. The first-order chi connectivity index (χ1) is 21.6. The van der Waals surface area contributed by atoms with Gasteiger partial charge < -0.3 is 10.1 Å². The van der Waals surface area contributed by atoms with Crippen molar-refractivity contribution in [1.82, 2.24) is 10.0 Å². The molecule has 1 saturated carbocycles. The van der Waals surface area contributed by atoms with Crippen molar-refractivity contribution in [2.75, 3.05) is 6.61 Å². The number of alkyl halides is 6. The molecule has 2 aromatic rings. The quantitative estimate of drug-likeness (QED) is 0.129. The van der Waals surface area contributed by atoms with Crippen molar-refractivity contribution in [1.29, 1.82) is 0 Å². The van der Waals surface area contributed by atoms with Crippen molar-refractivity contribution < 1.29 is 49.1 Å². The lowest BCUT2D eigenvalue weighted by atomic mass is 9.76. The fourth-order valence-corrected chi connectivity index (χ4v) is 6.60. The molecule has 1 atom stereocenters. The number of amides is 2. The fourth-order valence-electron chi connectivity index (χ4n) is 5.31. The molecule has 46 heavy (non-hydrogen) atoms. The fraction of sp³-hybridized carbons (Fsp3) is 0.500. The third-order valence-corrected chi connectivity index (χ3v) is 9.87. The number of halogens is 6. The van der Waals surface area contributed by atoms with Crippen molar-refractivity contribution in [2.45, 2.75) is 94.3 Å². The van der Waals surface area contributed by atoms with Gasteiger partial charge in [-0.2, -0.15) is 26.3 Å². The molecule has 0 spiro atoms. The van der Waals surface area contributed by atoms with Crippen LogP contribution in [0, 0.1) is 0 Å². The summed E-state index contributed by atoms with van der Waals surface area (Å²) in [6.07, 6.45) is -7.43. The van der Waals surface area contributed by atoms with Gasteiger partial charge in [0.25, 0.3) is 11.8 Å². The molecule has 2 amide bonds. The van der Waals surface area contributed by atoms with Crippen LogP contribution in [0.15, 0.2) is 54.1 Å². The Labute approximate surface area is 263 Å². The Morgan fingerprint density at radius 3 is 2.17 bits per heavy atom. The molecule has 2 N–H and O–H groups in total. The zero-order valence-corrected chi connectivity index (χ0v) is 26.0. The van der Waals surface area contributed by atoms with Crippen molar-refractivity contribution in [3.8, 4) is 5.75 Å². The number of hydrogen-bond acceptors (Lipinski definition) is 5. The minimum absolute atomic E-state index is 0.0573. The Kier molecular flexibility index (Phi) is 10.8. The van der Waals surface area contributed by atoms with Gasteiger partial charge in [0.1, 0.15) is 11.3 Å². The van der Waals surface area contributed by atoms with Crippen molar-refractivity contribution in [3.63, 3.8) is 0 Å². The minimum Gasteiger partial charge on any atom is -0.494 e. The van der Waals surface area contributed by atoms with Gasteiger partial charge in [0.05, 0.1) is 11.9 Å². The number of rotatable bonds is 14. The number of hydrogen-bond donors (Lipinski definition) is 2. The first-order valence-corrected chi connectivity index (χ1v) is 16.7. The SMILES string of the molecule is CCCCc1ccc(C2=C(C(=O)NS(=O)(=O)C3CC3)C(=O)N[C@@](c3ccc(OCCCCCC(F)(F)F)cc3)(C(F)(F)F)C2)cc1. The summed E-state index contributed by atoms with van der Waals surface area (Å²) in [7, 11) is -4.12. The number of nitrogens with one attached hydrogen (secondary N) is 2. The summed E-state index contributed by atoms with van der Waals surface area (Å²) >= 11 is 0. The molecule has 1 heterocycles. The van der Waals surface area contributed by atoms with Crippen LogP contribution in [0.2, 0.25) is 0 Å². The van der Waals surface area contributed by atoms with E-state index in [1.165, 1.54) is 24.3 Å². The van der Waals surface area contributed by atoms with E-state index in [2.05, 4.69) is 0 Å². The second kappa shape index (κ2) is 14.1. The number of unbranched alkanes of at least 4 members (excludes halogenated alkanes) is 3. The highest BCUT2D eigenvalue weighted by Crippen LogP contribution is 2.48. The lowest BCUT2D eigenvalue weighted by Crippen LogP contribution is -2.60. The summed E-state index contributed by atoms with van der Waals surface area (Å²) in [5.41, 5.74) is -3.22. The van der Waals surface area contributed by atoms with Gasteiger partial charge in [-0.05, 0) is 79.3 Å². The van der Waals surface area contributed by atoms with Gasteiger partial charge in [0.15, 0.2) is 5.54 Å². The molecule has 0 aromatic heterocycles. The van der Waals surface area contributed by atoms with Crippen LogP contribution in [0.4, 0.5) is 26.3 Å². The van der Waals surface area contributed by atoms with E-state index in [0.29, 0.717) is 19.3 Å². The largest absolute Gasteiger partial charge is 0.494 e. The summed E-state index contributed by atoms with van der Waals surface area (Å²) in [4.78, 5) is 26.7. The molecule has 2 aliphatic rings. The normalized spacial score (nSPS) is 19.2. The van der Waals surface area contributed by atoms with Crippen LogP contribution in [0.1, 0.15) is 81.4 Å². The lowest BCUT2D eigenvalue weighted by Gasteiger charge is -2.41. The molecule has 1 aliphatic carbocycles. The van der Waals surface area contributed by atoms with Gasteiger partial charge in [-0.1, -0.05) is 49.7 Å². The van der Waals surface area contributed by atoms with E-state index in [1.807, 2.05) is 17.0 Å². The molecule has 4 rings (SSSR count). The third kappa shape index (κ3) is 8.62. The Balaban J connectivity index is 1.64. The number of aryl methyl sites for hydroxylation is 1. The highest BCUT2D eigenvalue weighted by atomic mass is 32.2. The van der Waals surface area contributed by atoms with Crippen LogP contribution in [-0.4, -0.2) is 44.4 Å². The van der Waals surface area contributed by atoms with Crippen LogP contribution >= 0.6 is 0 Å². The summed E-state index contributed by atoms with van der Waals surface area (Å²) < 4.78 is 114. The van der Waals surface area contributed by atoms with Crippen LogP contribution in [0.25, 0.3) is 5.57 Å². The Morgan fingerprint density at radius 1 is 0.957 bits per heavy atom. The monoisotopic (exact) mass is 674 g/mol. The molecule has 0 bridgehead atoms. The average Bonchev–Trinajstić information content (AvgIpc) is 3.83. The summed E-state index contributed by atoms with van der Waals surface area (Å²) in [6, 6.07) is 11.2. The molecule has 7 nitrogen and oxygen atoms in total. The second-order valence-electron chi connectivity index (χ2n) is 11.7. The topological polar surface area (TPSA) is 102 Å². The first-order valence-electron chi connectivity index (χ1n) is 15.1. The van der Waals surface area contributed by atoms with E-state index >= 15 is 13.2 Å². The Bertz CT molecular complexity index is 1530. The van der Waals surface area contributed by atoms with E-state index in [-0.39, 0.29) is 41.9 Å². The zero-order valence-electron chi connectivity index (χ0n) is 25.2. The van der Waals surface area contributed by atoms with Gasteiger partial charge in [0, 0.05) is 12.8 Å². The first kappa shape index (κ1) is 35.3. The van der Waals surface area contributed by atoms with E-state index in [0.717, 1.165) is 37.0 Å². The number of ether oxygens (including phenoxy) is 1. The second-order valence-corrected chi connectivity index (χ2v) is 13.6. The van der Waals surface area contributed by atoms with Gasteiger partial charge in [-0.25, -0.2) is 13.1 Å². The molecule has 1 fully saturated rings. The van der Waals surface area contributed by atoms with Crippen LogP contribution < -0.4 is 14.8 Å². The number of carbonyl (C=O) groups excluding carboxylic acids is 2. The van der Waals surface area contributed by atoms with Crippen LogP contribution in [-0.2, 0) is 31.6 Å². The molecule has 0 saturated heterocycles. The van der Waals surface area contributed by atoms with E-state index in [9.17, 15) is 31.2 Å². The molecule has 0 unspecified atom stereocenters. The van der Waals surface area contributed by atoms with Gasteiger partial charge in [-0.15, -0.1) is 0 Å². The van der Waals surface area contributed by atoms with Crippen LogP contribution in [0.3, 0.4) is 0 Å². The van der Waals surface area contributed by atoms with Crippen molar-refractivity contribution in [3.05, 3.63) is 70.8 Å². The molecule has 2 aromatic carbocycles. The van der Waals surface area contributed by atoms with Crippen molar-refractivity contribution in [2.24, 2.45) is 0 Å². The highest BCUT2D eigenvalue weighted by molar-refractivity contribution is 7.91. The maximum atomic E-state index is 15.0. The van der Waals surface area contributed by atoms with E-state index in [1.54, 1.807) is 12.1 Å². The minimum atomic E-state index is -5.06. The maximum Gasteiger partial charge on any atom is 0.416 e. The summed E-state index contributed by atoms with van der Waals surface area (Å²) in [6.45, 7) is 2.07. The molecular formula is C32H36F6N2O5S.